The maximum Gasteiger partial charge on any atom is 0.411 e. The Morgan fingerprint density at radius 3 is 2.53 bits per heavy atom. The summed E-state index contributed by atoms with van der Waals surface area (Å²) in [7, 11) is 5.32. The number of anilines is 1. The van der Waals surface area contributed by atoms with Crippen LogP contribution in [-0.4, -0.2) is 47.4 Å². The number of nitrogens with one attached hydrogen (secondary N) is 2. The van der Waals surface area contributed by atoms with Crippen LogP contribution in [0.15, 0.2) is 35.5 Å². The Bertz CT molecular complexity index is 833. The van der Waals surface area contributed by atoms with E-state index in [4.69, 9.17) is 4.99 Å². The van der Waals surface area contributed by atoms with Gasteiger partial charge in [0.15, 0.2) is 5.96 Å². The Kier molecular flexibility index (Phi) is 10.6. The van der Waals surface area contributed by atoms with Gasteiger partial charge in [-0.3, -0.25) is 10.00 Å². The molecule has 0 aliphatic heterocycles. The molecule has 0 aliphatic carbocycles. The zero-order valence-corrected chi connectivity index (χ0v) is 20.9. The maximum absolute atomic E-state index is 11.3. The van der Waals surface area contributed by atoms with E-state index in [1.165, 1.54) is 12.7 Å². The van der Waals surface area contributed by atoms with Crippen molar-refractivity contribution in [1.29, 1.82) is 0 Å². The lowest BCUT2D eigenvalue weighted by Gasteiger charge is -2.22. The van der Waals surface area contributed by atoms with E-state index in [9.17, 15) is 4.79 Å². The van der Waals surface area contributed by atoms with Crippen molar-refractivity contribution in [1.82, 2.24) is 20.0 Å². The number of hydrogen-bond acceptors (Lipinski definition) is 4. The SMILES string of the molecule is CCNC(=NCc1ccc(NC(=O)OC)cc1)N(C)Cc1cn(C)nc1C(C)C.I. The number of aryl methyl sites for hydroxylation is 1. The van der Waals surface area contributed by atoms with E-state index < -0.39 is 6.09 Å². The van der Waals surface area contributed by atoms with E-state index in [0.29, 0.717) is 18.2 Å². The number of benzene rings is 1. The van der Waals surface area contributed by atoms with Crippen LogP contribution in [0.1, 0.15) is 43.5 Å². The van der Waals surface area contributed by atoms with E-state index in [1.807, 2.05) is 43.0 Å². The molecule has 0 saturated heterocycles. The standard InChI is InChI=1S/C21H32N6O2.HI/c1-7-22-20(26(4)13-17-14-27(5)25-19(17)15(2)3)23-12-16-8-10-18(11-9-16)24-21(28)29-6;/h8-11,14-15H,7,12-13H2,1-6H3,(H,22,23)(H,24,28);1H. The summed E-state index contributed by atoms with van der Waals surface area (Å²) in [5.74, 6) is 1.21. The van der Waals surface area contributed by atoms with Gasteiger partial charge in [-0.2, -0.15) is 5.10 Å². The second kappa shape index (κ2) is 12.4. The molecule has 0 bridgehead atoms. The number of amides is 1. The predicted octanol–water partition coefficient (Wildman–Crippen LogP) is 3.94. The van der Waals surface area contributed by atoms with Crippen LogP contribution in [0.4, 0.5) is 10.5 Å². The van der Waals surface area contributed by atoms with Gasteiger partial charge in [0.05, 0.1) is 19.3 Å². The molecule has 0 saturated carbocycles. The van der Waals surface area contributed by atoms with E-state index in [1.54, 1.807) is 0 Å². The fourth-order valence-corrected chi connectivity index (χ4v) is 2.99. The molecule has 8 nitrogen and oxygen atoms in total. The highest BCUT2D eigenvalue weighted by Crippen LogP contribution is 2.18. The summed E-state index contributed by atoms with van der Waals surface area (Å²) in [4.78, 5) is 18.1. The number of nitrogens with zero attached hydrogens (tertiary/aromatic N) is 4. The molecule has 1 aromatic carbocycles. The molecule has 0 aliphatic rings. The molecule has 0 radical (unpaired) electrons. The van der Waals surface area contributed by atoms with Crippen LogP contribution in [-0.2, 0) is 24.9 Å². The number of aromatic nitrogens is 2. The molecule has 2 N–H and O–H groups in total. The number of methoxy groups -OCH3 is 1. The van der Waals surface area contributed by atoms with E-state index in [2.05, 4.69) is 52.3 Å². The molecule has 0 atom stereocenters. The fourth-order valence-electron chi connectivity index (χ4n) is 2.99. The first-order valence-corrected chi connectivity index (χ1v) is 9.79. The molecule has 30 heavy (non-hydrogen) atoms. The van der Waals surface area contributed by atoms with Gasteiger partial charge in [0.2, 0.25) is 0 Å². The number of guanidine groups is 1. The van der Waals surface area contributed by atoms with E-state index in [0.717, 1.165) is 30.3 Å². The third kappa shape index (κ3) is 7.51. The predicted molar refractivity (Wildman–Crippen MR) is 131 cm³/mol. The Morgan fingerprint density at radius 1 is 1.30 bits per heavy atom. The molecular weight excluding hydrogens is 495 g/mol. The van der Waals surface area contributed by atoms with Crippen molar-refractivity contribution >= 4 is 41.7 Å². The first-order valence-electron chi connectivity index (χ1n) is 9.79. The number of halogens is 1. The van der Waals surface area contributed by atoms with E-state index >= 15 is 0 Å². The molecule has 166 valence electrons. The van der Waals surface area contributed by atoms with Crippen molar-refractivity contribution in [3.63, 3.8) is 0 Å². The largest absolute Gasteiger partial charge is 0.453 e. The topological polar surface area (TPSA) is 83.8 Å². The lowest BCUT2D eigenvalue weighted by molar-refractivity contribution is 0.187. The average molecular weight is 528 g/mol. The van der Waals surface area contributed by atoms with Crippen molar-refractivity contribution in [2.24, 2.45) is 12.0 Å². The van der Waals surface area contributed by atoms with Gasteiger partial charge in [0, 0.05) is 44.6 Å². The van der Waals surface area contributed by atoms with Gasteiger partial charge >= 0.3 is 6.09 Å². The number of carbonyl (C=O) groups is 1. The smallest absolute Gasteiger partial charge is 0.411 e. The minimum absolute atomic E-state index is 0. The first-order chi connectivity index (χ1) is 13.8. The highest BCUT2D eigenvalue weighted by atomic mass is 127. The van der Waals surface area contributed by atoms with Crippen molar-refractivity contribution in [3.05, 3.63) is 47.3 Å². The first kappa shape index (κ1) is 25.7. The minimum Gasteiger partial charge on any atom is -0.453 e. The zero-order chi connectivity index (χ0) is 21.4. The van der Waals surface area contributed by atoms with Gasteiger partial charge in [0.25, 0.3) is 0 Å². The van der Waals surface area contributed by atoms with Crippen molar-refractivity contribution < 1.29 is 9.53 Å². The summed E-state index contributed by atoms with van der Waals surface area (Å²) in [5.41, 5.74) is 4.05. The summed E-state index contributed by atoms with van der Waals surface area (Å²) in [5, 5.41) is 10.6. The zero-order valence-electron chi connectivity index (χ0n) is 18.6. The molecule has 1 amide bonds. The second-order valence-electron chi connectivity index (χ2n) is 7.21. The second-order valence-corrected chi connectivity index (χ2v) is 7.21. The Labute approximate surface area is 196 Å². The van der Waals surface area contributed by atoms with Crippen LogP contribution in [0, 0.1) is 0 Å². The highest BCUT2D eigenvalue weighted by molar-refractivity contribution is 14.0. The molecule has 0 unspecified atom stereocenters. The molecule has 2 aromatic rings. The van der Waals surface area contributed by atoms with Crippen LogP contribution >= 0.6 is 24.0 Å². The average Bonchev–Trinajstić information content (AvgIpc) is 3.06. The van der Waals surface area contributed by atoms with Gasteiger partial charge in [-0.1, -0.05) is 26.0 Å². The molecule has 0 fully saturated rings. The lowest BCUT2D eigenvalue weighted by atomic mass is 10.1. The Hall–Kier alpha value is -2.30. The lowest BCUT2D eigenvalue weighted by Crippen LogP contribution is -2.38. The van der Waals surface area contributed by atoms with Gasteiger partial charge < -0.3 is 15.0 Å². The van der Waals surface area contributed by atoms with Gasteiger partial charge in [-0.05, 0) is 30.5 Å². The van der Waals surface area contributed by atoms with Gasteiger partial charge in [-0.15, -0.1) is 24.0 Å². The summed E-state index contributed by atoms with van der Waals surface area (Å²) < 4.78 is 6.47. The molecule has 2 rings (SSSR count). The maximum atomic E-state index is 11.3. The van der Waals surface area contributed by atoms with Gasteiger partial charge in [0.1, 0.15) is 0 Å². The fraction of sp³-hybridized carbons (Fsp3) is 0.476. The summed E-state index contributed by atoms with van der Waals surface area (Å²) in [6, 6.07) is 7.55. The molecule has 1 heterocycles. The summed E-state index contributed by atoms with van der Waals surface area (Å²) >= 11 is 0. The normalized spacial score (nSPS) is 11.1. The van der Waals surface area contributed by atoms with Crippen LogP contribution in [0.3, 0.4) is 0 Å². The van der Waals surface area contributed by atoms with Crippen LogP contribution in [0.2, 0.25) is 0 Å². The molecule has 1 aromatic heterocycles. The number of aliphatic imine (C=N–C) groups is 1. The van der Waals surface area contributed by atoms with Crippen molar-refractivity contribution in [2.45, 2.75) is 39.8 Å². The summed E-state index contributed by atoms with van der Waals surface area (Å²) in [6.45, 7) is 8.42. The van der Waals surface area contributed by atoms with Crippen molar-refractivity contribution in [3.8, 4) is 0 Å². The number of ether oxygens (including phenoxy) is 1. The monoisotopic (exact) mass is 528 g/mol. The van der Waals surface area contributed by atoms with Crippen molar-refractivity contribution in [2.75, 3.05) is 26.0 Å². The third-order valence-corrected chi connectivity index (χ3v) is 4.39. The summed E-state index contributed by atoms with van der Waals surface area (Å²) in [6.07, 6.45) is 1.59. The Morgan fingerprint density at radius 2 is 1.97 bits per heavy atom. The molecule has 9 heteroatoms. The Balaban J connectivity index is 0.00000450. The highest BCUT2D eigenvalue weighted by Gasteiger charge is 2.15. The number of hydrogen-bond donors (Lipinski definition) is 2. The quantitative estimate of drug-likeness (QED) is 0.323. The van der Waals surface area contributed by atoms with E-state index in [-0.39, 0.29) is 24.0 Å². The third-order valence-electron chi connectivity index (χ3n) is 4.39. The van der Waals surface area contributed by atoms with Crippen LogP contribution < -0.4 is 10.6 Å². The number of carbonyl (C=O) groups excluding carboxylic acids is 1. The van der Waals surface area contributed by atoms with Crippen LogP contribution in [0.25, 0.3) is 0 Å². The molecular formula is C21H33IN6O2. The molecule has 0 spiro atoms. The van der Waals surface area contributed by atoms with Gasteiger partial charge in [-0.25, -0.2) is 9.79 Å². The van der Waals surface area contributed by atoms with Crippen LogP contribution in [0.5, 0.6) is 0 Å². The minimum atomic E-state index is -0.483. The number of rotatable bonds is 7.